The van der Waals surface area contributed by atoms with Crippen LogP contribution in [0.1, 0.15) is 32.1 Å². The molecule has 35 heavy (non-hydrogen) atoms. The van der Waals surface area contributed by atoms with Gasteiger partial charge >= 0.3 is 6.18 Å². The summed E-state index contributed by atoms with van der Waals surface area (Å²) in [7, 11) is -3.88. The van der Waals surface area contributed by atoms with Crippen LogP contribution in [0.15, 0.2) is 29.2 Å². The molecule has 0 amide bonds. The molecule has 0 radical (unpaired) electrons. The number of halogens is 3. The van der Waals surface area contributed by atoms with Crippen molar-refractivity contribution in [2.75, 3.05) is 32.8 Å². The Morgan fingerprint density at radius 3 is 2.31 bits per heavy atom. The van der Waals surface area contributed by atoms with Crippen LogP contribution < -0.4 is 9.83 Å². The van der Waals surface area contributed by atoms with Crippen molar-refractivity contribution in [1.29, 1.82) is 0 Å². The van der Waals surface area contributed by atoms with Gasteiger partial charge in [-0.15, -0.1) is 0 Å². The Morgan fingerprint density at radius 1 is 1.17 bits per heavy atom. The van der Waals surface area contributed by atoms with Crippen LogP contribution in [0.4, 0.5) is 18.9 Å². The maximum Gasteiger partial charge on any atom is 0.430 e. The number of nitro benzene ring substituents is 1. The lowest BCUT2D eigenvalue weighted by Crippen LogP contribution is -2.51. The summed E-state index contributed by atoms with van der Waals surface area (Å²) in [6.45, 7) is 2.99. The number of nitrogens with zero attached hydrogens (tertiary/aromatic N) is 3. The van der Waals surface area contributed by atoms with E-state index >= 15 is 0 Å². The number of carboxylic acid groups (broad SMARTS) is 1. The summed E-state index contributed by atoms with van der Waals surface area (Å²) >= 11 is 0. The average Bonchev–Trinajstić information content (AvgIpc) is 3.04. The Hall–Kier alpha value is -2.78. The van der Waals surface area contributed by atoms with Crippen molar-refractivity contribution < 1.29 is 46.1 Å². The molecule has 1 atom stereocenters. The van der Waals surface area contributed by atoms with Gasteiger partial charge in [0.25, 0.3) is 5.69 Å². The first-order chi connectivity index (χ1) is 16.3. The molecule has 2 heterocycles. The maximum absolute atomic E-state index is 12.6. The molecule has 0 unspecified atom stereocenters. The van der Waals surface area contributed by atoms with Crippen LogP contribution in [0.2, 0.25) is 0 Å². The zero-order valence-electron chi connectivity index (χ0n) is 18.7. The number of rotatable bonds is 7. The minimum Gasteiger partial charge on any atom is -0.542 e. The van der Waals surface area contributed by atoms with Gasteiger partial charge in [0.2, 0.25) is 15.9 Å². The molecular formula is C20H27F3N4O7S. The van der Waals surface area contributed by atoms with Crippen molar-refractivity contribution >= 4 is 27.5 Å². The molecule has 0 spiro atoms. The molecule has 0 saturated carbocycles. The standard InChI is InChI=1S/C18H27N4O5S.C2HF3O2/c23-14-15(13-21-12-4-11-20-10-3-1-2-5-18(20)21)19-28(26,27)17-8-6-16(7-9-17)22(24)25;3-2(4,5)1(6)7/h6-9,15,19,23H,1-5,10-14H2;(H,6,7)/q+1;/p-1/t15-;/m0./s1. The van der Waals surface area contributed by atoms with E-state index in [9.17, 15) is 36.8 Å². The summed E-state index contributed by atoms with van der Waals surface area (Å²) in [5, 5.41) is 29.3. The second kappa shape index (κ2) is 12.3. The zero-order chi connectivity index (χ0) is 26.2. The summed E-state index contributed by atoms with van der Waals surface area (Å²) in [5.41, 5.74) is -0.171. The summed E-state index contributed by atoms with van der Waals surface area (Å²) in [4.78, 5) is 21.1. The third-order valence-electron chi connectivity index (χ3n) is 5.49. The predicted molar refractivity (Wildman–Crippen MR) is 115 cm³/mol. The van der Waals surface area contributed by atoms with E-state index in [0.717, 1.165) is 51.0 Å². The number of nitrogens with one attached hydrogen (secondary N) is 1. The molecule has 1 aromatic carbocycles. The van der Waals surface area contributed by atoms with E-state index in [2.05, 4.69) is 14.2 Å². The van der Waals surface area contributed by atoms with Gasteiger partial charge in [0.15, 0.2) is 0 Å². The average molecular weight is 525 g/mol. The number of carboxylic acids is 1. The van der Waals surface area contributed by atoms with E-state index in [1.54, 1.807) is 0 Å². The number of sulfonamides is 1. The summed E-state index contributed by atoms with van der Waals surface area (Å²) < 4.78 is 61.7. The number of carbonyl (C=O) groups excluding carboxylic acids is 1. The van der Waals surface area contributed by atoms with Crippen LogP contribution in [0.25, 0.3) is 0 Å². The van der Waals surface area contributed by atoms with Crippen molar-refractivity contribution in [3.63, 3.8) is 0 Å². The molecule has 0 saturated heterocycles. The first-order valence-electron chi connectivity index (χ1n) is 10.9. The second-order valence-electron chi connectivity index (χ2n) is 8.05. The number of alkyl halides is 3. The number of hydrogen-bond donors (Lipinski definition) is 2. The highest BCUT2D eigenvalue weighted by Gasteiger charge is 2.32. The van der Waals surface area contributed by atoms with E-state index < -0.39 is 33.1 Å². The quantitative estimate of drug-likeness (QED) is 0.292. The molecule has 3 rings (SSSR count). The molecule has 0 aromatic heterocycles. The fourth-order valence-electron chi connectivity index (χ4n) is 3.86. The molecular weight excluding hydrogens is 497 g/mol. The second-order valence-corrected chi connectivity index (χ2v) is 9.76. The number of aliphatic hydroxyl groups excluding tert-OH is 1. The third-order valence-corrected chi connectivity index (χ3v) is 7.02. The van der Waals surface area contributed by atoms with Crippen molar-refractivity contribution in [3.05, 3.63) is 34.4 Å². The van der Waals surface area contributed by atoms with Crippen molar-refractivity contribution in [2.24, 2.45) is 0 Å². The monoisotopic (exact) mass is 524 g/mol. The van der Waals surface area contributed by atoms with Gasteiger partial charge in [-0.3, -0.25) is 19.6 Å². The highest BCUT2D eigenvalue weighted by atomic mass is 32.2. The van der Waals surface area contributed by atoms with Gasteiger partial charge < -0.3 is 15.0 Å². The Balaban J connectivity index is 0.000000540. The molecule has 1 aromatic rings. The predicted octanol–water partition coefficient (Wildman–Crippen LogP) is 0.223. The number of nitro groups is 1. The van der Waals surface area contributed by atoms with Crippen LogP contribution in [-0.2, 0) is 14.8 Å². The summed E-state index contributed by atoms with van der Waals surface area (Å²) in [5.74, 6) is -1.76. The number of benzene rings is 1. The first kappa shape index (κ1) is 28.5. The molecule has 0 fully saturated rings. The minimum absolute atomic E-state index is 0.0565. The SMILES string of the molecule is O=C([O-])C(F)(F)F.O=[N+]([O-])c1ccc(S(=O)(=O)N[C@H](CO)CN2CCC[N+]3=C2CCCCC3)cc1. The van der Waals surface area contributed by atoms with Crippen molar-refractivity contribution in [3.8, 4) is 0 Å². The lowest BCUT2D eigenvalue weighted by molar-refractivity contribution is -0.539. The van der Waals surface area contributed by atoms with E-state index in [0.29, 0.717) is 6.54 Å². The Bertz CT molecular complexity index is 1030. The zero-order valence-corrected chi connectivity index (χ0v) is 19.6. The number of aliphatic carboxylic acids is 1. The maximum atomic E-state index is 12.6. The number of aliphatic hydroxyl groups is 1. The number of amidine groups is 1. The van der Waals surface area contributed by atoms with Gasteiger partial charge in [-0.1, -0.05) is 0 Å². The third kappa shape index (κ3) is 8.43. The van der Waals surface area contributed by atoms with Crippen LogP contribution >= 0.6 is 0 Å². The van der Waals surface area contributed by atoms with Gasteiger partial charge in [-0.2, -0.15) is 13.2 Å². The van der Waals surface area contributed by atoms with E-state index in [1.807, 2.05) is 0 Å². The van der Waals surface area contributed by atoms with Gasteiger partial charge in [-0.05, 0) is 31.4 Å². The van der Waals surface area contributed by atoms with Gasteiger partial charge in [0.1, 0.15) is 12.5 Å². The fourth-order valence-corrected chi connectivity index (χ4v) is 5.08. The molecule has 2 aliphatic heterocycles. The van der Waals surface area contributed by atoms with Crippen LogP contribution in [0.5, 0.6) is 0 Å². The Labute approximate surface area is 200 Å². The van der Waals surface area contributed by atoms with Crippen LogP contribution in [0.3, 0.4) is 0 Å². The Morgan fingerprint density at radius 2 is 1.77 bits per heavy atom. The Kier molecular flexibility index (Phi) is 9.97. The smallest absolute Gasteiger partial charge is 0.430 e. The highest BCUT2D eigenvalue weighted by molar-refractivity contribution is 7.89. The molecule has 0 bridgehead atoms. The lowest BCUT2D eigenvalue weighted by Gasteiger charge is -2.29. The number of hydrogen-bond acceptors (Lipinski definition) is 8. The summed E-state index contributed by atoms with van der Waals surface area (Å²) in [6.07, 6.45) is 0.294. The summed E-state index contributed by atoms with van der Waals surface area (Å²) in [6, 6.07) is 4.07. The van der Waals surface area contributed by atoms with Crippen LogP contribution in [-0.4, -0.2) is 84.7 Å². The fraction of sp³-hybridized carbons (Fsp3) is 0.600. The molecule has 11 nitrogen and oxygen atoms in total. The molecule has 2 aliphatic rings. The number of carbonyl (C=O) groups is 1. The van der Waals surface area contributed by atoms with Gasteiger partial charge in [0, 0.05) is 25.0 Å². The minimum atomic E-state index is -5.19. The highest BCUT2D eigenvalue weighted by Crippen LogP contribution is 2.18. The molecule has 196 valence electrons. The molecule has 0 aliphatic carbocycles. The molecule has 2 N–H and O–H groups in total. The lowest BCUT2D eigenvalue weighted by atomic mass is 10.1. The van der Waals surface area contributed by atoms with Crippen LogP contribution in [0, 0.1) is 10.1 Å². The topological polar surface area (TPSA) is 156 Å². The van der Waals surface area contributed by atoms with Gasteiger partial charge in [0.05, 0.1) is 42.1 Å². The van der Waals surface area contributed by atoms with Crippen molar-refractivity contribution in [1.82, 2.24) is 9.62 Å². The number of non-ortho nitro benzene ring substituents is 1. The first-order valence-corrected chi connectivity index (χ1v) is 12.3. The molecule has 15 heteroatoms. The largest absolute Gasteiger partial charge is 0.542 e. The van der Waals surface area contributed by atoms with E-state index in [4.69, 9.17) is 9.90 Å². The van der Waals surface area contributed by atoms with Crippen molar-refractivity contribution in [2.45, 2.75) is 49.2 Å². The van der Waals surface area contributed by atoms with E-state index in [-0.39, 0.29) is 17.2 Å². The normalized spacial score (nSPS) is 17.5. The van der Waals surface area contributed by atoms with E-state index in [1.165, 1.54) is 30.8 Å². The van der Waals surface area contributed by atoms with Gasteiger partial charge in [-0.25, -0.2) is 13.1 Å².